The topological polar surface area (TPSA) is 41.4 Å². The normalized spacial score (nSPS) is 14.5. The van der Waals surface area contributed by atoms with E-state index in [-0.39, 0.29) is 6.03 Å². The van der Waals surface area contributed by atoms with Gasteiger partial charge >= 0.3 is 6.03 Å². The maximum Gasteiger partial charge on any atom is 0.327 e. The number of carbonyl (C=O) groups is 1. The van der Waals surface area contributed by atoms with Crippen LogP contribution in [0.1, 0.15) is 34.0 Å². The summed E-state index contributed by atoms with van der Waals surface area (Å²) in [6.07, 6.45) is 1.84. The first-order chi connectivity index (χ1) is 19.3. The zero-order chi connectivity index (χ0) is 26.4. The van der Waals surface area contributed by atoms with Crippen molar-refractivity contribution in [3.8, 4) is 11.8 Å². The smallest absolute Gasteiger partial charge is 0.326 e. The van der Waals surface area contributed by atoms with Crippen molar-refractivity contribution in [1.82, 2.24) is 14.5 Å². The lowest BCUT2D eigenvalue weighted by atomic mass is 10.1. The highest BCUT2D eigenvalue weighted by molar-refractivity contribution is 5.94. The Labute approximate surface area is 229 Å². The van der Waals surface area contributed by atoms with Gasteiger partial charge in [-0.05, 0) is 28.8 Å². The van der Waals surface area contributed by atoms with Crippen LogP contribution in [0.4, 0.5) is 10.6 Å². The summed E-state index contributed by atoms with van der Waals surface area (Å²) in [7, 11) is 0. The predicted octanol–water partition coefficient (Wildman–Crippen LogP) is 6.67. The molecule has 0 fully saturated rings. The minimum Gasteiger partial charge on any atom is -0.326 e. The summed E-state index contributed by atoms with van der Waals surface area (Å²) in [5.74, 6) is 7.46. The van der Waals surface area contributed by atoms with Crippen molar-refractivity contribution in [2.45, 2.75) is 25.7 Å². The quantitative estimate of drug-likeness (QED) is 0.241. The third kappa shape index (κ3) is 5.32. The van der Waals surface area contributed by atoms with Crippen LogP contribution in [0, 0.1) is 11.8 Å². The third-order valence-electron chi connectivity index (χ3n) is 6.86. The second-order valence-electron chi connectivity index (χ2n) is 9.57. The molecular weight excluding hydrogens is 480 g/mol. The van der Waals surface area contributed by atoms with Gasteiger partial charge < -0.3 is 9.47 Å². The van der Waals surface area contributed by atoms with Crippen LogP contribution in [0.2, 0.25) is 0 Å². The van der Waals surface area contributed by atoms with Crippen molar-refractivity contribution in [1.29, 1.82) is 0 Å². The third-order valence-corrected chi connectivity index (χ3v) is 6.86. The highest BCUT2D eigenvalue weighted by Gasteiger charge is 2.40. The second-order valence-corrected chi connectivity index (χ2v) is 9.57. The Hall–Kier alpha value is -5.08. The average molecular weight is 509 g/mol. The van der Waals surface area contributed by atoms with E-state index < -0.39 is 6.04 Å². The first kappa shape index (κ1) is 24.3. The van der Waals surface area contributed by atoms with E-state index in [4.69, 9.17) is 4.98 Å². The van der Waals surface area contributed by atoms with E-state index in [1.165, 1.54) is 0 Å². The van der Waals surface area contributed by atoms with Gasteiger partial charge in [-0.1, -0.05) is 121 Å². The van der Waals surface area contributed by atoms with E-state index in [2.05, 4.69) is 28.5 Å². The Kier molecular flexibility index (Phi) is 6.92. The summed E-state index contributed by atoms with van der Waals surface area (Å²) in [5.41, 5.74) is 5.09. The SMILES string of the molecule is O=C1N(Cc2ccccc2)c2ncn(Cc3ccccc3)c2C(C#Cc2ccccc2)N1Cc1ccccc1. The molecule has 39 heavy (non-hydrogen) atoms. The van der Waals surface area contributed by atoms with Gasteiger partial charge in [0.2, 0.25) is 0 Å². The van der Waals surface area contributed by atoms with Crippen molar-refractivity contribution >= 4 is 11.8 Å². The minimum absolute atomic E-state index is 0.104. The maximum absolute atomic E-state index is 14.2. The van der Waals surface area contributed by atoms with Crippen LogP contribution in [-0.4, -0.2) is 20.5 Å². The number of carbonyl (C=O) groups excluding carboxylic acids is 1. The molecule has 5 nitrogen and oxygen atoms in total. The van der Waals surface area contributed by atoms with Crippen molar-refractivity contribution in [2.75, 3.05) is 4.90 Å². The number of nitrogens with zero attached hydrogens (tertiary/aromatic N) is 4. The molecule has 5 heteroatoms. The van der Waals surface area contributed by atoms with Crippen LogP contribution in [-0.2, 0) is 19.6 Å². The van der Waals surface area contributed by atoms with Gasteiger partial charge in [0.15, 0.2) is 5.82 Å². The van der Waals surface area contributed by atoms with Crippen LogP contribution in [0.15, 0.2) is 128 Å². The first-order valence-corrected chi connectivity index (χ1v) is 13.1. The van der Waals surface area contributed by atoms with Crippen LogP contribution in [0.25, 0.3) is 0 Å². The van der Waals surface area contributed by atoms with E-state index in [0.29, 0.717) is 25.5 Å². The molecule has 0 saturated carbocycles. The fraction of sp³-hybridized carbons (Fsp3) is 0.118. The van der Waals surface area contributed by atoms with E-state index >= 15 is 0 Å². The van der Waals surface area contributed by atoms with Gasteiger partial charge in [-0.2, -0.15) is 0 Å². The second kappa shape index (κ2) is 11.1. The highest BCUT2D eigenvalue weighted by atomic mass is 16.2. The molecule has 1 aliphatic heterocycles. The monoisotopic (exact) mass is 508 g/mol. The summed E-state index contributed by atoms with van der Waals surface area (Å²) < 4.78 is 2.14. The number of imidazole rings is 1. The van der Waals surface area contributed by atoms with Gasteiger partial charge in [0.05, 0.1) is 18.6 Å². The average Bonchev–Trinajstić information content (AvgIpc) is 3.40. The largest absolute Gasteiger partial charge is 0.327 e. The number of rotatable bonds is 6. The van der Waals surface area contributed by atoms with Crippen molar-refractivity contribution in [3.63, 3.8) is 0 Å². The van der Waals surface area contributed by atoms with Crippen LogP contribution in [0.3, 0.4) is 0 Å². The Morgan fingerprint density at radius 3 is 1.74 bits per heavy atom. The van der Waals surface area contributed by atoms with Crippen LogP contribution < -0.4 is 4.90 Å². The molecule has 0 aliphatic carbocycles. The number of benzene rings is 4. The summed E-state index contributed by atoms with van der Waals surface area (Å²) in [6, 6.07) is 39.8. The van der Waals surface area contributed by atoms with E-state index in [1.807, 2.05) is 120 Å². The molecule has 6 rings (SSSR count). The van der Waals surface area contributed by atoms with Gasteiger partial charge in [-0.25, -0.2) is 9.78 Å². The molecule has 0 bridgehead atoms. The van der Waals surface area contributed by atoms with Crippen LogP contribution >= 0.6 is 0 Å². The van der Waals surface area contributed by atoms with E-state index in [9.17, 15) is 4.79 Å². The number of anilines is 1. The molecule has 0 N–H and O–H groups in total. The Bertz CT molecular complexity index is 1600. The molecule has 1 atom stereocenters. The number of hydrogen-bond acceptors (Lipinski definition) is 2. The van der Waals surface area contributed by atoms with Crippen molar-refractivity contribution < 1.29 is 4.79 Å². The molecule has 0 spiro atoms. The standard InChI is InChI=1S/C34H28N4O/c39-34-37(24-29-17-9-3-10-18-29)31(22-21-27-13-5-1-6-14-27)32-33(38(34)25-30-19-11-4-12-20-30)35-26-36(32)23-28-15-7-2-8-16-28/h1-20,26,31H,23-25H2. The number of aromatic nitrogens is 2. The Balaban J connectivity index is 1.48. The minimum atomic E-state index is -0.467. The lowest BCUT2D eigenvalue weighted by molar-refractivity contribution is 0.184. The molecule has 1 unspecified atom stereocenters. The Morgan fingerprint density at radius 1 is 0.641 bits per heavy atom. The maximum atomic E-state index is 14.2. The van der Waals surface area contributed by atoms with E-state index in [0.717, 1.165) is 27.9 Å². The lowest BCUT2D eigenvalue weighted by Crippen LogP contribution is -2.49. The number of amides is 2. The van der Waals surface area contributed by atoms with Gasteiger partial charge in [0, 0.05) is 18.7 Å². The molecule has 0 saturated heterocycles. The molecule has 0 radical (unpaired) electrons. The van der Waals surface area contributed by atoms with E-state index in [1.54, 1.807) is 4.90 Å². The zero-order valence-electron chi connectivity index (χ0n) is 21.5. The van der Waals surface area contributed by atoms with Gasteiger partial charge in [-0.15, -0.1) is 0 Å². The summed E-state index contributed by atoms with van der Waals surface area (Å²) >= 11 is 0. The highest BCUT2D eigenvalue weighted by Crippen LogP contribution is 2.38. The fourth-order valence-electron chi connectivity index (χ4n) is 4.95. The first-order valence-electron chi connectivity index (χ1n) is 13.1. The molecule has 4 aromatic carbocycles. The van der Waals surface area contributed by atoms with Crippen molar-refractivity contribution in [3.05, 3.63) is 156 Å². The molecule has 2 amide bonds. The summed E-state index contributed by atoms with van der Waals surface area (Å²) in [6.45, 7) is 1.51. The van der Waals surface area contributed by atoms with Gasteiger partial charge in [0.25, 0.3) is 0 Å². The predicted molar refractivity (Wildman–Crippen MR) is 154 cm³/mol. The summed E-state index contributed by atoms with van der Waals surface area (Å²) in [4.78, 5) is 22.7. The van der Waals surface area contributed by atoms with Crippen molar-refractivity contribution in [2.24, 2.45) is 0 Å². The van der Waals surface area contributed by atoms with Gasteiger partial charge in [-0.3, -0.25) is 4.90 Å². The molecule has 1 aromatic heterocycles. The van der Waals surface area contributed by atoms with Crippen LogP contribution in [0.5, 0.6) is 0 Å². The number of urea groups is 1. The molecule has 2 heterocycles. The molecule has 190 valence electrons. The summed E-state index contributed by atoms with van der Waals surface area (Å²) in [5, 5.41) is 0. The lowest BCUT2D eigenvalue weighted by Gasteiger charge is -2.39. The molecule has 1 aliphatic rings. The zero-order valence-corrected chi connectivity index (χ0v) is 21.5. The molecular formula is C34H28N4O. The number of hydrogen-bond donors (Lipinski definition) is 0. The molecule has 5 aromatic rings. The Morgan fingerprint density at radius 2 is 1.15 bits per heavy atom. The fourth-order valence-corrected chi connectivity index (χ4v) is 4.95. The van der Waals surface area contributed by atoms with Gasteiger partial charge in [0.1, 0.15) is 6.04 Å². The number of fused-ring (bicyclic) bond motifs is 1.